The van der Waals surface area contributed by atoms with Crippen LogP contribution in [0.15, 0.2) is 0 Å². The largest absolute Gasteiger partial charge is 0.291 e. The highest BCUT2D eigenvalue weighted by Gasteiger charge is 1.95. The van der Waals surface area contributed by atoms with Gasteiger partial charge in [0.2, 0.25) is 0 Å². The minimum atomic E-state index is 0.625. The van der Waals surface area contributed by atoms with Crippen molar-refractivity contribution in [1.29, 1.82) is 0 Å². The Morgan fingerprint density at radius 3 is 0.625 bits per heavy atom. The molecule has 0 amide bonds. The van der Waals surface area contributed by atoms with E-state index in [2.05, 4.69) is 0 Å². The molecule has 0 aromatic carbocycles. The van der Waals surface area contributed by atoms with Gasteiger partial charge < -0.3 is 0 Å². The summed E-state index contributed by atoms with van der Waals surface area (Å²) in [5, 5.41) is 0. The van der Waals surface area contributed by atoms with Crippen LogP contribution in [0.2, 0.25) is 0 Å². The fourth-order valence-corrected chi connectivity index (χ4v) is 3.22. The zero-order chi connectivity index (χ0) is 17.6. The predicted molar refractivity (Wildman–Crippen MR) is 104 cm³/mol. The Kier molecular flexibility index (Phi) is 21.7. The maximum Gasteiger partial charge on any atom is 0.198 e. The van der Waals surface area contributed by atoms with E-state index >= 15 is 0 Å². The summed E-state index contributed by atoms with van der Waals surface area (Å²) < 4.78 is 0. The molecule has 0 unspecified atom stereocenters. The third-order valence-electron chi connectivity index (χ3n) is 4.81. The second-order valence-corrected chi connectivity index (χ2v) is 7.15. The maximum absolute atomic E-state index is 10.1. The second-order valence-electron chi connectivity index (χ2n) is 7.15. The van der Waals surface area contributed by atoms with E-state index in [0.29, 0.717) is 12.8 Å². The van der Waals surface area contributed by atoms with E-state index < -0.39 is 0 Å². The first-order chi connectivity index (χ1) is 11.9. The van der Waals surface area contributed by atoms with Gasteiger partial charge in [-0.2, -0.15) is 0 Å². The van der Waals surface area contributed by atoms with Gasteiger partial charge in [0.1, 0.15) is 0 Å². The summed E-state index contributed by atoms with van der Waals surface area (Å²) in [6.45, 7) is 0. The van der Waals surface area contributed by atoms with E-state index in [1.807, 2.05) is 12.6 Å². The summed E-state index contributed by atoms with van der Waals surface area (Å²) in [7, 11) is 0. The van der Waals surface area contributed by atoms with Crippen molar-refractivity contribution < 1.29 is 9.59 Å². The number of rotatable bonds is 21. The summed E-state index contributed by atoms with van der Waals surface area (Å²) >= 11 is 0. The third kappa shape index (κ3) is 21.3. The molecule has 0 atom stereocenters. The van der Waals surface area contributed by atoms with Gasteiger partial charge in [-0.1, -0.05) is 103 Å². The molecule has 24 heavy (non-hydrogen) atoms. The number of carbonyl (C=O) groups excluding carboxylic acids is 2. The summed E-state index contributed by atoms with van der Waals surface area (Å²) in [5.74, 6) is 0. The molecule has 0 saturated heterocycles. The molecular weight excluding hydrogens is 296 g/mol. The summed E-state index contributed by atoms with van der Waals surface area (Å²) in [4.78, 5) is 20.1. The highest BCUT2D eigenvalue weighted by Crippen LogP contribution is 2.14. The molecule has 0 aliphatic carbocycles. The molecule has 0 bridgehead atoms. The van der Waals surface area contributed by atoms with E-state index in [1.165, 1.54) is 103 Å². The van der Waals surface area contributed by atoms with Crippen LogP contribution in [0, 0.1) is 0 Å². The van der Waals surface area contributed by atoms with Crippen LogP contribution in [0.5, 0.6) is 0 Å². The lowest BCUT2D eigenvalue weighted by molar-refractivity contribution is 0.520. The fourth-order valence-electron chi connectivity index (χ4n) is 3.22. The first kappa shape index (κ1) is 23.3. The number of unbranched alkanes of at least 4 members (excludes halogenated alkanes) is 19. The SMILES string of the molecule is O=[C]CCCCCCCCCCCCCCCCCCCC[C]=O. The first-order valence-corrected chi connectivity index (χ1v) is 10.6. The van der Waals surface area contributed by atoms with E-state index in [-0.39, 0.29) is 0 Å². The molecular formula is C22H40O2. The van der Waals surface area contributed by atoms with Gasteiger partial charge >= 0.3 is 0 Å². The Morgan fingerprint density at radius 1 is 0.292 bits per heavy atom. The van der Waals surface area contributed by atoms with Gasteiger partial charge in [-0.15, -0.1) is 0 Å². The molecule has 0 saturated carbocycles. The smallest absolute Gasteiger partial charge is 0.198 e. The van der Waals surface area contributed by atoms with Crippen molar-refractivity contribution in [2.45, 2.75) is 128 Å². The average Bonchev–Trinajstić information content (AvgIpc) is 2.60. The minimum absolute atomic E-state index is 0.625. The molecule has 0 aromatic heterocycles. The number of hydrogen-bond donors (Lipinski definition) is 0. The Hall–Kier alpha value is -0.660. The Bertz CT molecular complexity index is 224. The lowest BCUT2D eigenvalue weighted by atomic mass is 10.0. The molecule has 0 aromatic rings. The van der Waals surface area contributed by atoms with Gasteiger partial charge in [0.15, 0.2) is 12.6 Å². The normalized spacial score (nSPS) is 10.8. The van der Waals surface area contributed by atoms with Crippen LogP contribution in [-0.4, -0.2) is 12.6 Å². The van der Waals surface area contributed by atoms with Crippen molar-refractivity contribution in [3.63, 3.8) is 0 Å². The Balaban J connectivity index is 2.95. The van der Waals surface area contributed by atoms with Crippen molar-refractivity contribution in [3.05, 3.63) is 0 Å². The molecule has 0 aliphatic heterocycles. The second kappa shape index (κ2) is 22.3. The molecule has 0 rings (SSSR count). The van der Waals surface area contributed by atoms with Gasteiger partial charge in [0.05, 0.1) is 0 Å². The quantitative estimate of drug-likeness (QED) is 0.211. The lowest BCUT2D eigenvalue weighted by Gasteiger charge is -2.03. The van der Waals surface area contributed by atoms with Gasteiger partial charge in [0, 0.05) is 12.8 Å². The van der Waals surface area contributed by atoms with Gasteiger partial charge in [0.25, 0.3) is 0 Å². The molecule has 0 N–H and O–H groups in total. The Morgan fingerprint density at radius 2 is 0.458 bits per heavy atom. The molecule has 0 heterocycles. The van der Waals surface area contributed by atoms with Crippen molar-refractivity contribution in [2.24, 2.45) is 0 Å². The van der Waals surface area contributed by atoms with Crippen LogP contribution in [0.25, 0.3) is 0 Å². The standard InChI is InChI=1S/C22H40O2/c23-21-19-17-15-13-11-9-7-5-3-1-2-4-6-8-10-12-14-16-18-20-22-24/h1-20H2. The van der Waals surface area contributed by atoms with Crippen LogP contribution in [0.1, 0.15) is 128 Å². The highest BCUT2D eigenvalue weighted by molar-refractivity contribution is 5.50. The van der Waals surface area contributed by atoms with E-state index in [1.54, 1.807) is 0 Å². The van der Waals surface area contributed by atoms with Crippen LogP contribution in [-0.2, 0) is 9.59 Å². The van der Waals surface area contributed by atoms with Crippen molar-refractivity contribution in [3.8, 4) is 0 Å². The molecule has 2 nitrogen and oxygen atoms in total. The molecule has 140 valence electrons. The summed E-state index contributed by atoms with van der Waals surface area (Å²) in [6, 6.07) is 0. The van der Waals surface area contributed by atoms with Crippen LogP contribution < -0.4 is 0 Å². The van der Waals surface area contributed by atoms with Gasteiger partial charge in [-0.3, -0.25) is 9.59 Å². The predicted octanol–water partition coefficient (Wildman–Crippen LogP) is 7.01. The summed E-state index contributed by atoms with van der Waals surface area (Å²) in [6.07, 6.45) is 28.9. The van der Waals surface area contributed by atoms with E-state index in [0.717, 1.165) is 12.8 Å². The molecule has 0 aliphatic rings. The molecule has 0 fully saturated rings. The number of hydrogen-bond acceptors (Lipinski definition) is 2. The van der Waals surface area contributed by atoms with Crippen LogP contribution in [0.4, 0.5) is 0 Å². The van der Waals surface area contributed by atoms with Gasteiger partial charge in [-0.25, -0.2) is 0 Å². The third-order valence-corrected chi connectivity index (χ3v) is 4.81. The molecule has 2 heteroatoms. The lowest BCUT2D eigenvalue weighted by Crippen LogP contribution is -1.84. The molecule has 0 spiro atoms. The monoisotopic (exact) mass is 336 g/mol. The minimum Gasteiger partial charge on any atom is -0.291 e. The highest BCUT2D eigenvalue weighted by atomic mass is 16.1. The average molecular weight is 337 g/mol. The fraction of sp³-hybridized carbons (Fsp3) is 0.909. The van der Waals surface area contributed by atoms with Crippen molar-refractivity contribution in [1.82, 2.24) is 0 Å². The van der Waals surface area contributed by atoms with Gasteiger partial charge in [-0.05, 0) is 12.8 Å². The topological polar surface area (TPSA) is 34.1 Å². The van der Waals surface area contributed by atoms with Crippen LogP contribution in [0.3, 0.4) is 0 Å². The maximum atomic E-state index is 10.1. The van der Waals surface area contributed by atoms with Crippen molar-refractivity contribution in [2.75, 3.05) is 0 Å². The first-order valence-electron chi connectivity index (χ1n) is 10.6. The van der Waals surface area contributed by atoms with E-state index in [4.69, 9.17) is 0 Å². The summed E-state index contributed by atoms with van der Waals surface area (Å²) in [5.41, 5.74) is 0. The Labute approximate surface area is 151 Å². The zero-order valence-corrected chi connectivity index (χ0v) is 16.0. The van der Waals surface area contributed by atoms with Crippen molar-refractivity contribution >= 4 is 12.6 Å². The van der Waals surface area contributed by atoms with E-state index in [9.17, 15) is 9.59 Å². The molecule has 2 radical (unpaired) electrons. The zero-order valence-electron chi connectivity index (χ0n) is 16.0. The van der Waals surface area contributed by atoms with Crippen LogP contribution >= 0.6 is 0 Å².